The minimum atomic E-state index is 0.207. The van der Waals surface area contributed by atoms with Crippen LogP contribution in [0.15, 0.2) is 18.2 Å². The van der Waals surface area contributed by atoms with Crippen molar-refractivity contribution < 1.29 is 9.84 Å². The number of aromatic hydroxyl groups is 1. The van der Waals surface area contributed by atoms with Crippen molar-refractivity contribution >= 4 is 0 Å². The average Bonchev–Trinajstić information content (AvgIpc) is 2.83. The van der Waals surface area contributed by atoms with Gasteiger partial charge in [0.2, 0.25) is 0 Å². The predicted octanol–water partition coefficient (Wildman–Crippen LogP) is 2.22. The maximum atomic E-state index is 10.4. The van der Waals surface area contributed by atoms with E-state index in [1.165, 1.54) is 0 Å². The SMILES string of the molecule is C#Cc1nc(-c2c(C)cccc2O)c(C)c2c1CN1CCNC[C@@H]1CO2. The summed E-state index contributed by atoms with van der Waals surface area (Å²) in [6, 6.07) is 5.80. The first-order chi connectivity index (χ1) is 12.6. The topological polar surface area (TPSA) is 57.6 Å². The van der Waals surface area contributed by atoms with E-state index in [-0.39, 0.29) is 5.75 Å². The number of ether oxygens (including phenoxy) is 1. The Kier molecular flexibility index (Phi) is 4.31. The van der Waals surface area contributed by atoms with Gasteiger partial charge in [-0.05, 0) is 31.4 Å². The zero-order valence-corrected chi connectivity index (χ0v) is 15.2. The molecule has 1 saturated heterocycles. The van der Waals surface area contributed by atoms with Crippen LogP contribution in [0.4, 0.5) is 0 Å². The van der Waals surface area contributed by atoms with Crippen LogP contribution in [0.1, 0.15) is 22.4 Å². The number of terminal acetylenes is 1. The van der Waals surface area contributed by atoms with E-state index in [1.54, 1.807) is 6.07 Å². The minimum Gasteiger partial charge on any atom is -0.507 e. The number of benzene rings is 1. The van der Waals surface area contributed by atoms with E-state index in [9.17, 15) is 5.11 Å². The van der Waals surface area contributed by atoms with Crippen LogP contribution in [0, 0.1) is 26.2 Å². The molecule has 5 nitrogen and oxygen atoms in total. The molecule has 2 N–H and O–H groups in total. The first-order valence-electron chi connectivity index (χ1n) is 8.96. The molecule has 0 aliphatic carbocycles. The van der Waals surface area contributed by atoms with Crippen LogP contribution in [0.5, 0.6) is 11.5 Å². The van der Waals surface area contributed by atoms with Gasteiger partial charge in [0.1, 0.15) is 23.8 Å². The molecule has 2 aliphatic rings. The molecule has 0 bridgehead atoms. The third-order valence-electron chi connectivity index (χ3n) is 5.36. The number of hydrogen-bond acceptors (Lipinski definition) is 5. The lowest BCUT2D eigenvalue weighted by atomic mass is 9.97. The Balaban J connectivity index is 1.89. The van der Waals surface area contributed by atoms with E-state index in [1.807, 2.05) is 26.0 Å². The normalized spacial score (nSPS) is 19.7. The second kappa shape index (κ2) is 6.64. The van der Waals surface area contributed by atoms with Gasteiger partial charge in [-0.25, -0.2) is 4.98 Å². The van der Waals surface area contributed by atoms with Gasteiger partial charge in [0, 0.05) is 42.9 Å². The summed E-state index contributed by atoms with van der Waals surface area (Å²) in [5, 5.41) is 13.8. The number of phenols is 1. The summed E-state index contributed by atoms with van der Waals surface area (Å²) in [4.78, 5) is 7.17. The van der Waals surface area contributed by atoms with E-state index >= 15 is 0 Å². The smallest absolute Gasteiger partial charge is 0.131 e. The summed E-state index contributed by atoms with van der Waals surface area (Å²) >= 11 is 0. The molecular weight excluding hydrogens is 326 g/mol. The quantitative estimate of drug-likeness (QED) is 0.773. The Morgan fingerprint density at radius 1 is 1.38 bits per heavy atom. The number of aromatic nitrogens is 1. The Morgan fingerprint density at radius 2 is 2.23 bits per heavy atom. The van der Waals surface area contributed by atoms with Crippen molar-refractivity contribution in [3.63, 3.8) is 0 Å². The molecule has 134 valence electrons. The first-order valence-corrected chi connectivity index (χ1v) is 8.96. The summed E-state index contributed by atoms with van der Waals surface area (Å²) < 4.78 is 6.23. The zero-order chi connectivity index (χ0) is 18.3. The summed E-state index contributed by atoms with van der Waals surface area (Å²) in [6.45, 7) is 8.18. The van der Waals surface area contributed by atoms with Gasteiger partial charge in [-0.15, -0.1) is 6.42 Å². The zero-order valence-electron chi connectivity index (χ0n) is 15.2. The molecule has 0 spiro atoms. The van der Waals surface area contributed by atoms with Gasteiger partial charge in [-0.3, -0.25) is 4.90 Å². The van der Waals surface area contributed by atoms with Crippen molar-refractivity contribution in [2.75, 3.05) is 26.2 Å². The van der Waals surface area contributed by atoms with E-state index < -0.39 is 0 Å². The lowest BCUT2D eigenvalue weighted by Crippen LogP contribution is -2.52. The van der Waals surface area contributed by atoms with Crippen molar-refractivity contribution in [2.45, 2.75) is 26.4 Å². The number of aryl methyl sites for hydroxylation is 1. The summed E-state index contributed by atoms with van der Waals surface area (Å²) in [6.07, 6.45) is 5.80. The summed E-state index contributed by atoms with van der Waals surface area (Å²) in [5.74, 6) is 3.77. The number of nitrogens with one attached hydrogen (secondary N) is 1. The number of pyridine rings is 1. The van der Waals surface area contributed by atoms with Crippen LogP contribution in [-0.4, -0.2) is 47.3 Å². The Bertz CT molecular complexity index is 881. The number of hydrogen-bond donors (Lipinski definition) is 2. The Labute approximate surface area is 154 Å². The van der Waals surface area contributed by atoms with Gasteiger partial charge < -0.3 is 15.2 Å². The number of rotatable bonds is 1. The fourth-order valence-corrected chi connectivity index (χ4v) is 3.93. The molecule has 0 saturated carbocycles. The number of nitrogens with zero attached hydrogens (tertiary/aromatic N) is 2. The highest BCUT2D eigenvalue weighted by molar-refractivity contribution is 5.76. The molecule has 2 aromatic rings. The third-order valence-corrected chi connectivity index (χ3v) is 5.36. The van der Waals surface area contributed by atoms with Crippen LogP contribution >= 0.6 is 0 Å². The largest absolute Gasteiger partial charge is 0.507 e. The maximum Gasteiger partial charge on any atom is 0.131 e. The number of piperazine rings is 1. The highest BCUT2D eigenvalue weighted by Gasteiger charge is 2.31. The van der Waals surface area contributed by atoms with E-state index in [0.29, 0.717) is 24.0 Å². The van der Waals surface area contributed by atoms with E-state index in [4.69, 9.17) is 16.1 Å². The van der Waals surface area contributed by atoms with Crippen LogP contribution in [0.3, 0.4) is 0 Å². The molecule has 4 rings (SSSR count). The van der Waals surface area contributed by atoms with E-state index in [0.717, 1.165) is 54.2 Å². The van der Waals surface area contributed by atoms with Crippen LogP contribution in [-0.2, 0) is 6.54 Å². The lowest BCUT2D eigenvalue weighted by molar-refractivity contribution is 0.120. The summed E-state index contributed by atoms with van der Waals surface area (Å²) in [7, 11) is 0. The average molecular weight is 349 g/mol. The standard InChI is InChI=1S/C21H23N3O2/c1-4-17-16-11-24-9-8-22-10-15(24)12-26-21(16)14(3)20(23-17)19-13(2)6-5-7-18(19)25/h1,5-7,15,22,25H,8-12H2,2-3H3/t15-/m1/s1. The van der Waals surface area contributed by atoms with E-state index in [2.05, 4.69) is 16.1 Å². The maximum absolute atomic E-state index is 10.4. The molecule has 0 radical (unpaired) electrons. The Hall–Kier alpha value is -2.55. The molecule has 26 heavy (non-hydrogen) atoms. The van der Waals surface area contributed by atoms with Gasteiger partial charge in [0.25, 0.3) is 0 Å². The molecule has 1 fully saturated rings. The molecule has 1 atom stereocenters. The van der Waals surface area contributed by atoms with Gasteiger partial charge in [0.15, 0.2) is 0 Å². The first kappa shape index (κ1) is 16.9. The molecule has 5 heteroatoms. The highest BCUT2D eigenvalue weighted by Crippen LogP contribution is 2.40. The van der Waals surface area contributed by atoms with Gasteiger partial charge >= 0.3 is 0 Å². The van der Waals surface area contributed by atoms with Crippen LogP contribution < -0.4 is 10.1 Å². The molecule has 2 aliphatic heterocycles. The number of phenolic OH excluding ortho intramolecular Hbond substituents is 1. The van der Waals surface area contributed by atoms with Crippen molar-refractivity contribution in [1.82, 2.24) is 15.2 Å². The molecule has 0 unspecified atom stereocenters. The summed E-state index contributed by atoms with van der Waals surface area (Å²) in [5.41, 5.74) is 4.88. The van der Waals surface area contributed by atoms with Crippen molar-refractivity contribution in [3.8, 4) is 35.1 Å². The van der Waals surface area contributed by atoms with Gasteiger partial charge in [-0.1, -0.05) is 12.1 Å². The monoisotopic (exact) mass is 349 g/mol. The Morgan fingerprint density at radius 3 is 3.00 bits per heavy atom. The number of fused-ring (bicyclic) bond motifs is 2. The van der Waals surface area contributed by atoms with Gasteiger partial charge in [-0.2, -0.15) is 0 Å². The minimum absolute atomic E-state index is 0.207. The van der Waals surface area contributed by atoms with Crippen molar-refractivity contribution in [3.05, 3.63) is 40.6 Å². The van der Waals surface area contributed by atoms with Crippen molar-refractivity contribution in [2.24, 2.45) is 0 Å². The second-order valence-electron chi connectivity index (χ2n) is 6.99. The van der Waals surface area contributed by atoms with Crippen LogP contribution in [0.2, 0.25) is 0 Å². The predicted molar refractivity (Wildman–Crippen MR) is 101 cm³/mol. The van der Waals surface area contributed by atoms with Crippen LogP contribution in [0.25, 0.3) is 11.3 Å². The fraction of sp³-hybridized carbons (Fsp3) is 0.381. The molecular formula is C21H23N3O2. The molecule has 1 aromatic heterocycles. The van der Waals surface area contributed by atoms with Gasteiger partial charge in [0.05, 0.1) is 11.7 Å². The van der Waals surface area contributed by atoms with Crippen molar-refractivity contribution in [1.29, 1.82) is 0 Å². The lowest BCUT2D eigenvalue weighted by Gasteiger charge is -2.33. The highest BCUT2D eigenvalue weighted by atomic mass is 16.5. The third kappa shape index (κ3) is 2.72. The molecule has 1 aromatic carbocycles. The fourth-order valence-electron chi connectivity index (χ4n) is 3.93. The second-order valence-corrected chi connectivity index (χ2v) is 6.99. The molecule has 3 heterocycles. The molecule has 0 amide bonds.